The molecule has 3 nitrogen and oxygen atoms in total. The minimum Gasteiger partial charge on any atom is -0.481 e. The molecule has 0 fully saturated rings. The SMILES string of the molecule is Cc1cc(C(N)CF)ccc1CC(=O)O. The minimum atomic E-state index is -0.874. The van der Waals surface area contributed by atoms with Crippen LogP contribution in [0.4, 0.5) is 4.39 Å². The van der Waals surface area contributed by atoms with Crippen LogP contribution in [0.2, 0.25) is 0 Å². The van der Waals surface area contributed by atoms with Crippen LogP contribution in [0, 0.1) is 6.92 Å². The molecule has 1 aromatic rings. The summed E-state index contributed by atoms with van der Waals surface area (Å²) in [5.41, 5.74) is 7.79. The van der Waals surface area contributed by atoms with Gasteiger partial charge in [0.25, 0.3) is 0 Å². The van der Waals surface area contributed by atoms with Crippen molar-refractivity contribution in [1.82, 2.24) is 0 Å². The fourth-order valence-corrected chi connectivity index (χ4v) is 1.40. The molecule has 0 saturated carbocycles. The molecule has 0 aliphatic carbocycles. The zero-order valence-electron chi connectivity index (χ0n) is 8.53. The van der Waals surface area contributed by atoms with Crippen LogP contribution in [-0.4, -0.2) is 17.8 Å². The summed E-state index contributed by atoms with van der Waals surface area (Å²) < 4.78 is 12.3. The summed E-state index contributed by atoms with van der Waals surface area (Å²) >= 11 is 0. The third-order valence-electron chi connectivity index (χ3n) is 2.30. The molecule has 3 N–H and O–H groups in total. The molecule has 0 spiro atoms. The van der Waals surface area contributed by atoms with Crippen molar-refractivity contribution in [3.05, 3.63) is 34.9 Å². The average Bonchev–Trinajstić information content (AvgIpc) is 2.19. The molecular weight excluding hydrogens is 197 g/mol. The number of alkyl halides is 1. The number of aryl methyl sites for hydroxylation is 1. The Morgan fingerprint density at radius 2 is 2.27 bits per heavy atom. The molecule has 1 unspecified atom stereocenters. The van der Waals surface area contributed by atoms with E-state index in [2.05, 4.69) is 0 Å². The lowest BCUT2D eigenvalue weighted by Crippen LogP contribution is -2.13. The highest BCUT2D eigenvalue weighted by Crippen LogP contribution is 2.16. The van der Waals surface area contributed by atoms with Crippen LogP contribution in [0.15, 0.2) is 18.2 Å². The van der Waals surface area contributed by atoms with E-state index in [4.69, 9.17) is 10.8 Å². The highest BCUT2D eigenvalue weighted by Gasteiger charge is 2.08. The van der Waals surface area contributed by atoms with Gasteiger partial charge in [-0.25, -0.2) is 4.39 Å². The van der Waals surface area contributed by atoms with Gasteiger partial charge in [-0.3, -0.25) is 4.79 Å². The predicted octanol–water partition coefficient (Wildman–Crippen LogP) is 1.59. The number of hydrogen-bond acceptors (Lipinski definition) is 2. The summed E-state index contributed by atoms with van der Waals surface area (Å²) in [6.07, 6.45) is -0.0169. The number of hydrogen-bond donors (Lipinski definition) is 2. The van der Waals surface area contributed by atoms with Gasteiger partial charge in [0.1, 0.15) is 6.67 Å². The van der Waals surface area contributed by atoms with Gasteiger partial charge in [0, 0.05) is 0 Å². The van der Waals surface area contributed by atoms with Crippen LogP contribution in [0.5, 0.6) is 0 Å². The first-order valence-corrected chi connectivity index (χ1v) is 4.67. The molecule has 1 aromatic carbocycles. The number of carboxylic acids is 1. The zero-order valence-corrected chi connectivity index (χ0v) is 8.53. The second-order valence-corrected chi connectivity index (χ2v) is 3.52. The van der Waals surface area contributed by atoms with Crippen LogP contribution < -0.4 is 5.73 Å². The maximum atomic E-state index is 12.3. The molecule has 0 amide bonds. The number of rotatable bonds is 4. The quantitative estimate of drug-likeness (QED) is 0.795. The van der Waals surface area contributed by atoms with Crippen molar-refractivity contribution in [1.29, 1.82) is 0 Å². The Hall–Kier alpha value is -1.42. The normalized spacial score (nSPS) is 12.5. The monoisotopic (exact) mass is 211 g/mol. The first-order valence-electron chi connectivity index (χ1n) is 4.67. The lowest BCUT2D eigenvalue weighted by Gasteiger charge is -2.10. The van der Waals surface area contributed by atoms with E-state index in [1.54, 1.807) is 25.1 Å². The first-order chi connectivity index (χ1) is 7.04. The van der Waals surface area contributed by atoms with Crippen LogP contribution in [-0.2, 0) is 11.2 Å². The fraction of sp³-hybridized carbons (Fsp3) is 0.364. The summed E-state index contributed by atoms with van der Waals surface area (Å²) in [4.78, 5) is 10.5. The fourth-order valence-electron chi connectivity index (χ4n) is 1.40. The second kappa shape index (κ2) is 4.89. The molecule has 4 heteroatoms. The molecular formula is C11H14FNO2. The maximum absolute atomic E-state index is 12.3. The summed E-state index contributed by atoms with van der Waals surface area (Å²) in [5, 5.41) is 8.63. The molecule has 15 heavy (non-hydrogen) atoms. The van der Waals surface area contributed by atoms with Crippen LogP contribution in [0.3, 0.4) is 0 Å². The van der Waals surface area contributed by atoms with E-state index < -0.39 is 18.7 Å². The van der Waals surface area contributed by atoms with E-state index in [1.807, 2.05) is 0 Å². The molecule has 0 aromatic heterocycles. The number of carbonyl (C=O) groups is 1. The summed E-state index contributed by atoms with van der Waals surface area (Å²) in [6, 6.07) is 4.48. The minimum absolute atomic E-state index is 0.0169. The molecule has 0 aliphatic rings. The average molecular weight is 211 g/mol. The lowest BCUT2D eigenvalue weighted by atomic mass is 9.99. The number of nitrogens with two attached hydrogens (primary N) is 1. The zero-order chi connectivity index (χ0) is 11.4. The van der Waals surface area contributed by atoms with Gasteiger partial charge in [-0.1, -0.05) is 18.2 Å². The van der Waals surface area contributed by atoms with Gasteiger partial charge >= 0.3 is 5.97 Å². The Balaban J connectivity index is 2.92. The van der Waals surface area contributed by atoms with Gasteiger partial charge < -0.3 is 10.8 Å². The van der Waals surface area contributed by atoms with Crippen molar-refractivity contribution in [2.45, 2.75) is 19.4 Å². The number of carboxylic acid groups (broad SMARTS) is 1. The van der Waals surface area contributed by atoms with Crippen LogP contribution in [0.25, 0.3) is 0 Å². The Bertz CT molecular complexity index is 366. The Labute approximate surface area is 87.7 Å². The summed E-state index contributed by atoms with van der Waals surface area (Å²) in [7, 11) is 0. The number of benzene rings is 1. The van der Waals surface area contributed by atoms with E-state index in [0.29, 0.717) is 5.56 Å². The van der Waals surface area contributed by atoms with Crippen molar-refractivity contribution >= 4 is 5.97 Å². The van der Waals surface area contributed by atoms with Crippen molar-refractivity contribution in [2.24, 2.45) is 5.73 Å². The molecule has 82 valence electrons. The molecule has 0 heterocycles. The van der Waals surface area contributed by atoms with Crippen molar-refractivity contribution < 1.29 is 14.3 Å². The van der Waals surface area contributed by atoms with E-state index in [-0.39, 0.29) is 6.42 Å². The van der Waals surface area contributed by atoms with Gasteiger partial charge in [0.2, 0.25) is 0 Å². The van der Waals surface area contributed by atoms with E-state index >= 15 is 0 Å². The van der Waals surface area contributed by atoms with Gasteiger partial charge in [0.05, 0.1) is 12.5 Å². The lowest BCUT2D eigenvalue weighted by molar-refractivity contribution is -0.136. The highest BCUT2D eigenvalue weighted by molar-refractivity contribution is 5.70. The number of halogens is 1. The van der Waals surface area contributed by atoms with Gasteiger partial charge in [-0.2, -0.15) is 0 Å². The summed E-state index contributed by atoms with van der Waals surface area (Å²) in [6.45, 7) is 1.18. The molecule has 0 saturated heterocycles. The Morgan fingerprint density at radius 1 is 1.60 bits per heavy atom. The molecule has 0 aliphatic heterocycles. The van der Waals surface area contributed by atoms with Gasteiger partial charge in [0.15, 0.2) is 0 Å². The van der Waals surface area contributed by atoms with Crippen molar-refractivity contribution in [3.8, 4) is 0 Å². The highest BCUT2D eigenvalue weighted by atomic mass is 19.1. The maximum Gasteiger partial charge on any atom is 0.307 e. The van der Waals surface area contributed by atoms with E-state index in [1.165, 1.54) is 0 Å². The standard InChI is InChI=1S/C11H14FNO2/c1-7-4-9(10(13)6-12)3-2-8(7)5-11(14)15/h2-4,10H,5-6,13H2,1H3,(H,14,15). The van der Waals surface area contributed by atoms with E-state index in [9.17, 15) is 9.18 Å². The summed E-state index contributed by atoms with van der Waals surface area (Å²) in [5.74, 6) is -0.874. The van der Waals surface area contributed by atoms with Crippen LogP contribution in [0.1, 0.15) is 22.7 Å². The molecule has 1 atom stereocenters. The predicted molar refractivity (Wildman–Crippen MR) is 55.4 cm³/mol. The Kier molecular flexibility index (Phi) is 3.80. The Morgan fingerprint density at radius 3 is 2.73 bits per heavy atom. The van der Waals surface area contributed by atoms with Gasteiger partial charge in [-0.15, -0.1) is 0 Å². The van der Waals surface area contributed by atoms with E-state index in [0.717, 1.165) is 11.1 Å². The third-order valence-corrected chi connectivity index (χ3v) is 2.30. The van der Waals surface area contributed by atoms with Crippen molar-refractivity contribution in [3.63, 3.8) is 0 Å². The topological polar surface area (TPSA) is 63.3 Å². The number of aliphatic carboxylic acids is 1. The molecule has 0 radical (unpaired) electrons. The third kappa shape index (κ3) is 3.02. The van der Waals surface area contributed by atoms with Crippen LogP contribution >= 0.6 is 0 Å². The largest absolute Gasteiger partial charge is 0.481 e. The first kappa shape index (κ1) is 11.7. The molecule has 0 bridgehead atoms. The van der Waals surface area contributed by atoms with Crippen molar-refractivity contribution in [2.75, 3.05) is 6.67 Å². The molecule has 1 rings (SSSR count). The second-order valence-electron chi connectivity index (χ2n) is 3.52. The smallest absolute Gasteiger partial charge is 0.307 e. The van der Waals surface area contributed by atoms with Gasteiger partial charge in [-0.05, 0) is 23.6 Å².